The van der Waals surface area contributed by atoms with E-state index in [2.05, 4.69) is 13.8 Å². The number of benzene rings is 1. The van der Waals surface area contributed by atoms with Crippen molar-refractivity contribution in [1.82, 2.24) is 4.31 Å². The normalized spacial score (nSPS) is 21.6. The van der Waals surface area contributed by atoms with Crippen molar-refractivity contribution < 1.29 is 8.42 Å². The molecule has 21 heavy (non-hydrogen) atoms. The Labute approximate surface area is 134 Å². The molecule has 1 aromatic carbocycles. The van der Waals surface area contributed by atoms with E-state index in [4.69, 9.17) is 5.73 Å². The summed E-state index contributed by atoms with van der Waals surface area (Å²) in [5, 5.41) is 0. The maximum Gasteiger partial charge on any atom is 0.243 e. The Hall–Kier alpha value is -0.620. The van der Waals surface area contributed by atoms with Crippen LogP contribution < -0.4 is 5.73 Å². The smallest absolute Gasteiger partial charge is 0.243 e. The summed E-state index contributed by atoms with van der Waals surface area (Å²) < 4.78 is 26.6. The van der Waals surface area contributed by atoms with Crippen LogP contribution in [0.2, 0.25) is 0 Å². The van der Waals surface area contributed by atoms with Gasteiger partial charge in [-0.25, -0.2) is 8.42 Å². The summed E-state index contributed by atoms with van der Waals surface area (Å²) in [5.74, 6) is 0.454. The van der Waals surface area contributed by atoms with Crippen LogP contribution in [0.15, 0.2) is 29.2 Å². The Balaban J connectivity index is 0.00000220. The average molecular weight is 333 g/mol. The second-order valence-corrected chi connectivity index (χ2v) is 7.58. The third kappa shape index (κ3) is 4.19. The molecular formula is C15H25ClN2O2S. The second-order valence-electron chi connectivity index (χ2n) is 5.64. The van der Waals surface area contributed by atoms with E-state index in [0.717, 1.165) is 19.3 Å². The van der Waals surface area contributed by atoms with Gasteiger partial charge in [-0.05, 0) is 42.9 Å². The number of rotatable bonds is 4. The molecule has 2 atom stereocenters. The number of sulfonamides is 1. The van der Waals surface area contributed by atoms with E-state index in [1.54, 1.807) is 12.1 Å². The zero-order valence-corrected chi connectivity index (χ0v) is 14.3. The van der Waals surface area contributed by atoms with Crippen molar-refractivity contribution in [3.63, 3.8) is 0 Å². The summed E-state index contributed by atoms with van der Waals surface area (Å²) >= 11 is 0. The number of nitrogens with zero attached hydrogens (tertiary/aromatic N) is 1. The lowest BCUT2D eigenvalue weighted by atomic mass is 9.99. The first-order valence-electron chi connectivity index (χ1n) is 7.31. The van der Waals surface area contributed by atoms with Gasteiger partial charge in [-0.1, -0.05) is 26.0 Å². The van der Waals surface area contributed by atoms with Gasteiger partial charge in [0.1, 0.15) is 0 Å². The fraction of sp³-hybridized carbons (Fsp3) is 0.600. The van der Waals surface area contributed by atoms with E-state index in [0.29, 0.717) is 23.9 Å². The molecule has 2 rings (SSSR count). The van der Waals surface area contributed by atoms with Gasteiger partial charge in [-0.15, -0.1) is 12.4 Å². The Bertz CT molecular complexity index is 545. The first-order valence-corrected chi connectivity index (χ1v) is 8.75. The lowest BCUT2D eigenvalue weighted by molar-refractivity contribution is 0.316. The van der Waals surface area contributed by atoms with Gasteiger partial charge < -0.3 is 5.73 Å². The maximum absolute atomic E-state index is 12.6. The molecule has 0 saturated carbocycles. The summed E-state index contributed by atoms with van der Waals surface area (Å²) in [6.45, 7) is 5.27. The van der Waals surface area contributed by atoms with Crippen molar-refractivity contribution in [2.45, 2.75) is 50.0 Å². The Morgan fingerprint density at radius 3 is 2.48 bits per heavy atom. The highest BCUT2D eigenvalue weighted by atomic mass is 35.5. The zero-order chi connectivity index (χ0) is 14.8. The lowest BCUT2D eigenvalue weighted by Crippen LogP contribution is -2.45. The predicted molar refractivity (Wildman–Crippen MR) is 88.4 cm³/mol. The van der Waals surface area contributed by atoms with Crippen LogP contribution in [0.3, 0.4) is 0 Å². The fourth-order valence-corrected chi connectivity index (χ4v) is 4.08. The van der Waals surface area contributed by atoms with Crippen LogP contribution in [-0.2, 0) is 10.0 Å². The van der Waals surface area contributed by atoms with E-state index in [-0.39, 0.29) is 18.4 Å². The minimum Gasteiger partial charge on any atom is -0.327 e. The average Bonchev–Trinajstić information content (AvgIpc) is 2.46. The highest BCUT2D eigenvalue weighted by molar-refractivity contribution is 7.89. The molecule has 1 aliphatic heterocycles. The fourth-order valence-electron chi connectivity index (χ4n) is 2.55. The first-order chi connectivity index (χ1) is 9.45. The van der Waals surface area contributed by atoms with Gasteiger partial charge in [0, 0.05) is 19.1 Å². The number of nitrogens with two attached hydrogens (primary N) is 1. The van der Waals surface area contributed by atoms with Gasteiger partial charge in [-0.2, -0.15) is 4.31 Å². The molecule has 2 N–H and O–H groups in total. The number of piperidine rings is 1. The Morgan fingerprint density at radius 2 is 1.95 bits per heavy atom. The summed E-state index contributed by atoms with van der Waals surface area (Å²) in [7, 11) is -3.39. The molecule has 1 aliphatic rings. The summed E-state index contributed by atoms with van der Waals surface area (Å²) in [5.41, 5.74) is 7.06. The van der Waals surface area contributed by atoms with Crippen LogP contribution in [0.4, 0.5) is 0 Å². The Kier molecular flexibility index (Phi) is 6.66. The minimum absolute atomic E-state index is 0. The summed E-state index contributed by atoms with van der Waals surface area (Å²) in [4.78, 5) is 0.374. The van der Waals surface area contributed by atoms with Crippen molar-refractivity contribution in [1.29, 1.82) is 0 Å². The van der Waals surface area contributed by atoms with Gasteiger partial charge >= 0.3 is 0 Å². The van der Waals surface area contributed by atoms with Crippen LogP contribution in [-0.4, -0.2) is 31.9 Å². The molecule has 0 aliphatic carbocycles. The highest BCUT2D eigenvalue weighted by Gasteiger charge is 2.28. The third-order valence-corrected chi connectivity index (χ3v) is 6.00. The van der Waals surface area contributed by atoms with Crippen LogP contribution in [0.5, 0.6) is 0 Å². The molecular weight excluding hydrogens is 308 g/mol. The van der Waals surface area contributed by atoms with Gasteiger partial charge in [0.15, 0.2) is 0 Å². The lowest BCUT2D eigenvalue weighted by Gasteiger charge is -2.29. The van der Waals surface area contributed by atoms with Gasteiger partial charge in [0.05, 0.1) is 4.90 Å². The van der Waals surface area contributed by atoms with E-state index in [1.807, 2.05) is 12.1 Å². The van der Waals surface area contributed by atoms with Gasteiger partial charge in [-0.3, -0.25) is 0 Å². The van der Waals surface area contributed by atoms with Crippen molar-refractivity contribution >= 4 is 22.4 Å². The van der Waals surface area contributed by atoms with Crippen LogP contribution in [0.25, 0.3) is 0 Å². The molecule has 0 spiro atoms. The largest absolute Gasteiger partial charge is 0.327 e. The molecule has 0 aromatic heterocycles. The highest BCUT2D eigenvalue weighted by Crippen LogP contribution is 2.23. The maximum atomic E-state index is 12.6. The number of hydrogen-bond acceptors (Lipinski definition) is 3. The molecule has 1 fully saturated rings. The molecule has 1 heterocycles. The molecule has 1 aromatic rings. The summed E-state index contributed by atoms with van der Waals surface area (Å²) in [6, 6.07) is 7.24. The molecule has 1 saturated heterocycles. The van der Waals surface area contributed by atoms with Crippen molar-refractivity contribution in [3.8, 4) is 0 Å². The van der Waals surface area contributed by atoms with Crippen LogP contribution >= 0.6 is 12.4 Å². The Morgan fingerprint density at radius 1 is 1.33 bits per heavy atom. The van der Waals surface area contributed by atoms with E-state index in [1.165, 1.54) is 9.87 Å². The molecule has 4 nitrogen and oxygen atoms in total. The van der Waals surface area contributed by atoms with Crippen molar-refractivity contribution in [2.24, 2.45) is 5.73 Å². The zero-order valence-electron chi connectivity index (χ0n) is 12.7. The van der Waals surface area contributed by atoms with Crippen LogP contribution in [0.1, 0.15) is 44.6 Å². The van der Waals surface area contributed by atoms with Gasteiger partial charge in [0.25, 0.3) is 0 Å². The summed E-state index contributed by atoms with van der Waals surface area (Å²) in [6.07, 6.45) is 2.79. The molecule has 120 valence electrons. The minimum atomic E-state index is -3.39. The number of halogens is 1. The topological polar surface area (TPSA) is 63.4 Å². The molecule has 6 heteroatoms. The van der Waals surface area contributed by atoms with Crippen molar-refractivity contribution in [3.05, 3.63) is 29.8 Å². The van der Waals surface area contributed by atoms with Crippen molar-refractivity contribution in [2.75, 3.05) is 13.1 Å². The quantitative estimate of drug-likeness (QED) is 0.922. The second kappa shape index (κ2) is 7.58. The SMILES string of the molecule is CCC(C)c1ccc(S(=O)(=O)N2CCCC(N)C2)cc1.Cl. The van der Waals surface area contributed by atoms with Crippen LogP contribution in [0, 0.1) is 0 Å². The van der Waals surface area contributed by atoms with E-state index >= 15 is 0 Å². The van der Waals surface area contributed by atoms with Gasteiger partial charge in [0.2, 0.25) is 10.0 Å². The molecule has 0 amide bonds. The number of hydrogen-bond donors (Lipinski definition) is 1. The molecule has 0 radical (unpaired) electrons. The predicted octanol–water partition coefficient (Wildman–Crippen LogP) is 2.73. The van der Waals surface area contributed by atoms with E-state index < -0.39 is 10.0 Å². The molecule has 2 unspecified atom stereocenters. The standard InChI is InChI=1S/C15H24N2O2S.ClH/c1-3-12(2)13-6-8-15(9-7-13)20(18,19)17-10-4-5-14(16)11-17;/h6-9,12,14H,3-5,10-11,16H2,1-2H3;1H. The van der Waals surface area contributed by atoms with E-state index in [9.17, 15) is 8.42 Å². The molecule has 0 bridgehead atoms. The third-order valence-electron chi connectivity index (χ3n) is 4.12. The first kappa shape index (κ1) is 18.4. The monoisotopic (exact) mass is 332 g/mol.